The molecule has 0 fully saturated rings. The first kappa shape index (κ1) is 15.6. The lowest BCUT2D eigenvalue weighted by Gasteiger charge is -2.06. The van der Waals surface area contributed by atoms with E-state index in [1.807, 2.05) is 24.3 Å². The minimum absolute atomic E-state index is 0.0112. The Morgan fingerprint density at radius 1 is 1.23 bits per heavy atom. The third-order valence-electron chi connectivity index (χ3n) is 3.30. The summed E-state index contributed by atoms with van der Waals surface area (Å²) in [6.45, 7) is 3.64. The van der Waals surface area contributed by atoms with E-state index in [2.05, 4.69) is 6.58 Å². The van der Waals surface area contributed by atoms with Crippen LogP contribution in [-0.2, 0) is 6.42 Å². The highest BCUT2D eigenvalue weighted by Crippen LogP contribution is 2.25. The third-order valence-corrected chi connectivity index (χ3v) is 3.30. The zero-order valence-electron chi connectivity index (χ0n) is 12.5. The van der Waals surface area contributed by atoms with Crippen LogP contribution in [0.5, 0.6) is 11.5 Å². The number of ether oxygens (including phenoxy) is 1. The average molecular weight is 294 g/mol. The molecule has 0 atom stereocenters. The maximum absolute atomic E-state index is 12.3. The van der Waals surface area contributed by atoms with Crippen molar-refractivity contribution < 1.29 is 14.6 Å². The van der Waals surface area contributed by atoms with Crippen LogP contribution in [0.4, 0.5) is 0 Å². The number of methoxy groups -OCH3 is 1. The van der Waals surface area contributed by atoms with E-state index in [1.165, 1.54) is 6.08 Å². The molecule has 0 amide bonds. The molecule has 2 aromatic rings. The van der Waals surface area contributed by atoms with Crippen LogP contribution in [0.3, 0.4) is 0 Å². The molecule has 2 rings (SSSR count). The van der Waals surface area contributed by atoms with Crippen LogP contribution in [0.15, 0.2) is 61.2 Å². The highest BCUT2D eigenvalue weighted by Gasteiger charge is 2.11. The van der Waals surface area contributed by atoms with Gasteiger partial charge in [0.05, 0.1) is 12.7 Å². The topological polar surface area (TPSA) is 46.5 Å². The fourth-order valence-corrected chi connectivity index (χ4v) is 2.17. The summed E-state index contributed by atoms with van der Waals surface area (Å²) in [7, 11) is 1.58. The van der Waals surface area contributed by atoms with Gasteiger partial charge in [-0.05, 0) is 36.3 Å². The number of allylic oxidation sites excluding steroid dienone is 2. The summed E-state index contributed by atoms with van der Waals surface area (Å²) in [6, 6.07) is 12.6. The van der Waals surface area contributed by atoms with Gasteiger partial charge in [-0.15, -0.1) is 6.58 Å². The molecule has 3 nitrogen and oxygen atoms in total. The second-order valence-corrected chi connectivity index (χ2v) is 4.75. The number of phenolic OH excluding ortho intramolecular Hbond substituents is 1. The van der Waals surface area contributed by atoms with Gasteiger partial charge in [0.2, 0.25) is 0 Å². The van der Waals surface area contributed by atoms with Gasteiger partial charge in [0.25, 0.3) is 0 Å². The molecule has 0 aliphatic rings. The first-order valence-corrected chi connectivity index (χ1v) is 6.94. The number of rotatable bonds is 6. The Labute approximate surface area is 130 Å². The molecule has 0 bridgehead atoms. The zero-order valence-corrected chi connectivity index (χ0v) is 12.5. The molecule has 0 heterocycles. The molecule has 0 unspecified atom stereocenters. The van der Waals surface area contributed by atoms with Crippen molar-refractivity contribution in [2.24, 2.45) is 0 Å². The van der Waals surface area contributed by atoms with Crippen LogP contribution in [-0.4, -0.2) is 18.0 Å². The first-order valence-electron chi connectivity index (χ1n) is 6.94. The lowest BCUT2D eigenvalue weighted by Crippen LogP contribution is -1.97. The molecule has 112 valence electrons. The number of ketones is 1. The second-order valence-electron chi connectivity index (χ2n) is 4.75. The number of carbonyl (C=O) groups is 1. The molecular formula is C19H18O3. The van der Waals surface area contributed by atoms with Gasteiger partial charge in [-0.25, -0.2) is 0 Å². The summed E-state index contributed by atoms with van der Waals surface area (Å²) in [5.41, 5.74) is 1.78. The third kappa shape index (κ3) is 3.44. The fourth-order valence-electron chi connectivity index (χ4n) is 2.17. The van der Waals surface area contributed by atoms with Gasteiger partial charge in [-0.3, -0.25) is 4.79 Å². The number of aromatic hydroxyl groups is 1. The monoisotopic (exact) mass is 294 g/mol. The van der Waals surface area contributed by atoms with Gasteiger partial charge in [-0.1, -0.05) is 36.4 Å². The Morgan fingerprint density at radius 3 is 2.73 bits per heavy atom. The van der Waals surface area contributed by atoms with Crippen molar-refractivity contribution >= 4 is 11.9 Å². The van der Waals surface area contributed by atoms with Gasteiger partial charge < -0.3 is 9.84 Å². The van der Waals surface area contributed by atoms with Gasteiger partial charge in [0, 0.05) is 5.56 Å². The standard InChI is InChI=1S/C19H18O3/c1-3-7-15-9-6-10-16(19(15)21)17(20)13-12-14-8-4-5-11-18(14)22-2/h3-6,8-13,21H,1,7H2,2H3/b13-12+. The molecule has 1 N–H and O–H groups in total. The quantitative estimate of drug-likeness (QED) is 0.497. The molecule has 0 radical (unpaired) electrons. The molecule has 3 heteroatoms. The van der Waals surface area contributed by atoms with E-state index in [0.717, 1.165) is 5.56 Å². The van der Waals surface area contributed by atoms with Crippen LogP contribution in [0.1, 0.15) is 21.5 Å². The smallest absolute Gasteiger partial charge is 0.189 e. The summed E-state index contributed by atoms with van der Waals surface area (Å²) in [6.07, 6.45) is 5.32. The Morgan fingerprint density at radius 2 is 2.00 bits per heavy atom. The molecule has 0 aliphatic carbocycles. The lowest BCUT2D eigenvalue weighted by atomic mass is 10.0. The number of para-hydroxylation sites is 2. The maximum Gasteiger partial charge on any atom is 0.189 e. The van der Waals surface area contributed by atoms with Crippen molar-refractivity contribution in [3.05, 3.63) is 77.9 Å². The van der Waals surface area contributed by atoms with Gasteiger partial charge in [0.1, 0.15) is 11.5 Å². The van der Waals surface area contributed by atoms with Crippen LogP contribution < -0.4 is 4.74 Å². The normalized spacial score (nSPS) is 10.6. The van der Waals surface area contributed by atoms with Crippen LogP contribution in [0.2, 0.25) is 0 Å². The summed E-state index contributed by atoms with van der Waals surface area (Å²) in [4.78, 5) is 12.3. The van der Waals surface area contributed by atoms with E-state index in [0.29, 0.717) is 17.7 Å². The summed E-state index contributed by atoms with van der Waals surface area (Å²) in [5, 5.41) is 10.2. The molecule has 0 saturated carbocycles. The zero-order chi connectivity index (χ0) is 15.9. The van der Waals surface area contributed by atoms with E-state index < -0.39 is 0 Å². The number of carbonyl (C=O) groups excluding carboxylic acids is 1. The van der Waals surface area contributed by atoms with Crippen molar-refractivity contribution in [1.82, 2.24) is 0 Å². The molecule has 22 heavy (non-hydrogen) atoms. The number of benzene rings is 2. The average Bonchev–Trinajstić information content (AvgIpc) is 2.55. The molecule has 0 aromatic heterocycles. The SMILES string of the molecule is C=CCc1cccc(C(=O)/C=C/c2ccccc2OC)c1O. The summed E-state index contributed by atoms with van der Waals surface area (Å²) >= 11 is 0. The number of hydrogen-bond donors (Lipinski definition) is 1. The minimum Gasteiger partial charge on any atom is -0.507 e. The number of hydrogen-bond acceptors (Lipinski definition) is 3. The Kier molecular flexibility index (Phi) is 5.15. The van der Waals surface area contributed by atoms with Crippen molar-refractivity contribution in [2.75, 3.05) is 7.11 Å². The lowest BCUT2D eigenvalue weighted by molar-refractivity contribution is 0.104. The van der Waals surface area contributed by atoms with E-state index in [4.69, 9.17) is 4.74 Å². The fraction of sp³-hybridized carbons (Fsp3) is 0.105. The molecule has 0 spiro atoms. The highest BCUT2D eigenvalue weighted by atomic mass is 16.5. The van der Waals surface area contributed by atoms with E-state index in [-0.39, 0.29) is 17.1 Å². The van der Waals surface area contributed by atoms with Crippen LogP contribution >= 0.6 is 0 Å². The van der Waals surface area contributed by atoms with Gasteiger partial charge in [-0.2, -0.15) is 0 Å². The molecule has 0 saturated heterocycles. The Bertz CT molecular complexity index is 714. The predicted octanol–water partition coefficient (Wildman–Crippen LogP) is 4.03. The second kappa shape index (κ2) is 7.27. The van der Waals surface area contributed by atoms with Crippen molar-refractivity contribution in [3.63, 3.8) is 0 Å². The van der Waals surface area contributed by atoms with Crippen molar-refractivity contribution in [2.45, 2.75) is 6.42 Å². The highest BCUT2D eigenvalue weighted by molar-refractivity contribution is 6.08. The molecule has 2 aromatic carbocycles. The number of phenols is 1. The first-order chi connectivity index (χ1) is 10.7. The summed E-state index contributed by atoms with van der Waals surface area (Å²) in [5.74, 6) is 0.447. The Hall–Kier alpha value is -2.81. The molecule has 0 aliphatic heterocycles. The van der Waals surface area contributed by atoms with Gasteiger partial charge >= 0.3 is 0 Å². The van der Waals surface area contributed by atoms with E-state index >= 15 is 0 Å². The minimum atomic E-state index is -0.255. The van der Waals surface area contributed by atoms with E-state index in [9.17, 15) is 9.90 Å². The van der Waals surface area contributed by atoms with Crippen molar-refractivity contribution in [1.29, 1.82) is 0 Å². The van der Waals surface area contributed by atoms with Crippen molar-refractivity contribution in [3.8, 4) is 11.5 Å². The molecular weight excluding hydrogens is 276 g/mol. The largest absolute Gasteiger partial charge is 0.507 e. The van der Waals surface area contributed by atoms with Gasteiger partial charge in [0.15, 0.2) is 5.78 Å². The Balaban J connectivity index is 2.27. The summed E-state index contributed by atoms with van der Waals surface area (Å²) < 4.78 is 5.24. The predicted molar refractivity (Wildman–Crippen MR) is 88.4 cm³/mol. The van der Waals surface area contributed by atoms with Crippen LogP contribution in [0.25, 0.3) is 6.08 Å². The van der Waals surface area contributed by atoms with E-state index in [1.54, 1.807) is 37.5 Å². The maximum atomic E-state index is 12.3. The van der Waals surface area contributed by atoms with Crippen LogP contribution in [0, 0.1) is 0 Å².